The fourth-order valence-corrected chi connectivity index (χ4v) is 2.52. The van der Waals surface area contributed by atoms with E-state index in [1.807, 2.05) is 0 Å². The standard InChI is InChI=1S/C13H8O8/c14-5-2-4-7(10(17)9(5)16)8-3(12(18)19)1-6(15)11(8)21-13(4)20/h2-3,14,16-17H,1H2,(H,18,19). The quantitative estimate of drug-likeness (QED) is 0.561. The van der Waals surface area contributed by atoms with Crippen molar-refractivity contribution in [2.24, 2.45) is 0 Å². The Labute approximate surface area is 115 Å². The van der Waals surface area contributed by atoms with Crippen molar-refractivity contribution < 1.29 is 34.4 Å². The van der Waals surface area contributed by atoms with Crippen LogP contribution < -0.4 is 5.63 Å². The topological polar surface area (TPSA) is 145 Å². The second-order valence-corrected chi connectivity index (χ2v) is 4.67. The molecule has 3 rings (SSSR count). The van der Waals surface area contributed by atoms with Crippen LogP contribution in [-0.4, -0.2) is 32.2 Å². The number of phenolic OH excluding ortho intramolecular Hbond substituents is 3. The number of Topliss-reactive ketones (excluding diaryl/α,β-unsaturated/α-hetero) is 1. The van der Waals surface area contributed by atoms with Gasteiger partial charge in [-0.1, -0.05) is 0 Å². The van der Waals surface area contributed by atoms with Gasteiger partial charge in [-0.2, -0.15) is 0 Å². The molecule has 1 aromatic carbocycles. The summed E-state index contributed by atoms with van der Waals surface area (Å²) in [7, 11) is 0. The van der Waals surface area contributed by atoms with Gasteiger partial charge in [-0.15, -0.1) is 0 Å². The fraction of sp³-hybridized carbons (Fsp3) is 0.154. The Morgan fingerprint density at radius 2 is 1.86 bits per heavy atom. The van der Waals surface area contributed by atoms with E-state index in [2.05, 4.69) is 0 Å². The van der Waals surface area contributed by atoms with Gasteiger partial charge in [0.2, 0.25) is 5.75 Å². The minimum absolute atomic E-state index is 0.171. The molecule has 0 radical (unpaired) electrons. The van der Waals surface area contributed by atoms with Crippen LogP contribution in [0.2, 0.25) is 0 Å². The number of carboxylic acids is 1. The number of aliphatic carboxylic acids is 1. The van der Waals surface area contributed by atoms with Crippen molar-refractivity contribution in [2.75, 3.05) is 0 Å². The molecule has 1 aliphatic rings. The molecule has 1 unspecified atom stereocenters. The van der Waals surface area contributed by atoms with Gasteiger partial charge < -0.3 is 24.8 Å². The summed E-state index contributed by atoms with van der Waals surface area (Å²) >= 11 is 0. The Balaban J connectivity index is 2.56. The van der Waals surface area contributed by atoms with Gasteiger partial charge in [-0.25, -0.2) is 4.79 Å². The summed E-state index contributed by atoms with van der Waals surface area (Å²) in [6.45, 7) is 0. The molecular weight excluding hydrogens is 284 g/mol. The van der Waals surface area contributed by atoms with Crippen LogP contribution in [0, 0.1) is 0 Å². The van der Waals surface area contributed by atoms with Crippen molar-refractivity contribution in [2.45, 2.75) is 12.3 Å². The van der Waals surface area contributed by atoms with Crippen LogP contribution in [0.25, 0.3) is 10.8 Å². The molecule has 0 amide bonds. The highest BCUT2D eigenvalue weighted by Gasteiger charge is 2.40. The molecule has 0 aliphatic heterocycles. The highest BCUT2D eigenvalue weighted by atomic mass is 16.4. The van der Waals surface area contributed by atoms with Crippen LogP contribution >= 0.6 is 0 Å². The number of aromatic hydroxyl groups is 3. The summed E-state index contributed by atoms with van der Waals surface area (Å²) in [5, 5.41) is 37.4. The second-order valence-electron chi connectivity index (χ2n) is 4.67. The normalized spacial score (nSPS) is 17.1. The van der Waals surface area contributed by atoms with E-state index in [4.69, 9.17) is 9.52 Å². The zero-order valence-electron chi connectivity index (χ0n) is 10.3. The average Bonchev–Trinajstić information content (AvgIpc) is 2.74. The first-order valence-electron chi connectivity index (χ1n) is 5.83. The summed E-state index contributed by atoms with van der Waals surface area (Å²) in [5.41, 5.74) is -1.19. The van der Waals surface area contributed by atoms with Gasteiger partial charge in [0.25, 0.3) is 0 Å². The lowest BCUT2D eigenvalue weighted by atomic mass is 9.96. The Bertz CT molecular complexity index is 876. The van der Waals surface area contributed by atoms with Gasteiger partial charge in [0.05, 0.1) is 11.3 Å². The number of carboxylic acid groups (broad SMARTS) is 1. The number of hydrogen-bond acceptors (Lipinski definition) is 7. The van der Waals surface area contributed by atoms with Crippen molar-refractivity contribution in [1.29, 1.82) is 0 Å². The number of rotatable bonds is 1. The molecule has 0 bridgehead atoms. The summed E-state index contributed by atoms with van der Waals surface area (Å²) < 4.78 is 4.80. The van der Waals surface area contributed by atoms with E-state index in [0.29, 0.717) is 0 Å². The SMILES string of the molecule is O=C1CC(C(=O)O)c2c1oc(=O)c1cc(O)c(O)c(O)c21. The Hall–Kier alpha value is -3.03. The average molecular weight is 292 g/mol. The van der Waals surface area contributed by atoms with Gasteiger partial charge in [0, 0.05) is 17.4 Å². The highest BCUT2D eigenvalue weighted by Crippen LogP contribution is 2.46. The van der Waals surface area contributed by atoms with Crippen LogP contribution in [-0.2, 0) is 4.79 Å². The van der Waals surface area contributed by atoms with Crippen LogP contribution in [0.1, 0.15) is 28.5 Å². The maximum Gasteiger partial charge on any atom is 0.344 e. The maximum absolute atomic E-state index is 11.8. The molecule has 8 heteroatoms. The molecule has 21 heavy (non-hydrogen) atoms. The molecular formula is C13H8O8. The largest absolute Gasteiger partial charge is 0.504 e. The van der Waals surface area contributed by atoms with E-state index < -0.39 is 52.7 Å². The third-order valence-corrected chi connectivity index (χ3v) is 3.47. The van der Waals surface area contributed by atoms with Crippen LogP contribution in [0.3, 0.4) is 0 Å². The first kappa shape index (κ1) is 13.0. The zero-order chi connectivity index (χ0) is 15.5. The first-order valence-corrected chi connectivity index (χ1v) is 5.83. The third-order valence-electron chi connectivity index (χ3n) is 3.47. The number of carbonyl (C=O) groups excluding carboxylic acids is 1. The number of carbonyl (C=O) groups is 2. The predicted molar refractivity (Wildman–Crippen MR) is 66.8 cm³/mol. The molecule has 1 aromatic heterocycles. The van der Waals surface area contributed by atoms with Crippen LogP contribution in [0.15, 0.2) is 15.3 Å². The number of phenols is 3. The van der Waals surface area contributed by atoms with Gasteiger partial charge >= 0.3 is 11.6 Å². The Kier molecular flexibility index (Phi) is 2.46. The Morgan fingerprint density at radius 1 is 1.19 bits per heavy atom. The molecule has 1 atom stereocenters. The van der Waals surface area contributed by atoms with Gasteiger partial charge in [-0.05, 0) is 6.07 Å². The fourth-order valence-electron chi connectivity index (χ4n) is 2.52. The third kappa shape index (κ3) is 1.59. The molecule has 0 saturated carbocycles. The number of ketones is 1. The maximum atomic E-state index is 11.8. The number of benzene rings is 1. The summed E-state index contributed by atoms with van der Waals surface area (Å²) in [6, 6.07) is 0.845. The Morgan fingerprint density at radius 3 is 2.48 bits per heavy atom. The molecule has 0 fully saturated rings. The molecule has 1 aliphatic carbocycles. The van der Waals surface area contributed by atoms with E-state index in [-0.39, 0.29) is 16.3 Å². The van der Waals surface area contributed by atoms with E-state index in [1.165, 1.54) is 0 Å². The second kappa shape index (κ2) is 3.98. The molecule has 1 heterocycles. The molecule has 8 nitrogen and oxygen atoms in total. The van der Waals surface area contributed by atoms with E-state index in [0.717, 1.165) is 6.07 Å². The van der Waals surface area contributed by atoms with Crippen molar-refractivity contribution in [3.05, 3.63) is 27.8 Å². The van der Waals surface area contributed by atoms with Crippen molar-refractivity contribution in [1.82, 2.24) is 0 Å². The molecule has 108 valence electrons. The first-order chi connectivity index (χ1) is 9.82. The summed E-state index contributed by atoms with van der Waals surface area (Å²) in [4.78, 5) is 34.8. The number of fused-ring (bicyclic) bond motifs is 3. The highest BCUT2D eigenvalue weighted by molar-refractivity contribution is 6.10. The van der Waals surface area contributed by atoms with Crippen molar-refractivity contribution in [3.8, 4) is 17.2 Å². The lowest BCUT2D eigenvalue weighted by Crippen LogP contribution is -2.10. The van der Waals surface area contributed by atoms with Gasteiger partial charge in [-0.3, -0.25) is 9.59 Å². The lowest BCUT2D eigenvalue weighted by molar-refractivity contribution is -0.138. The molecule has 0 spiro atoms. The predicted octanol–water partition coefficient (Wildman–Crippen LogP) is 0.664. The summed E-state index contributed by atoms with van der Waals surface area (Å²) in [6.07, 6.45) is -0.409. The van der Waals surface area contributed by atoms with Crippen molar-refractivity contribution >= 4 is 22.5 Å². The molecule has 0 saturated heterocycles. The smallest absolute Gasteiger partial charge is 0.344 e. The summed E-state index contributed by atoms with van der Waals surface area (Å²) in [5.74, 6) is -6.28. The van der Waals surface area contributed by atoms with E-state index in [1.54, 1.807) is 0 Å². The monoisotopic (exact) mass is 292 g/mol. The molecule has 4 N–H and O–H groups in total. The number of hydrogen-bond donors (Lipinski definition) is 4. The van der Waals surface area contributed by atoms with Crippen LogP contribution in [0.5, 0.6) is 17.2 Å². The van der Waals surface area contributed by atoms with Crippen LogP contribution in [0.4, 0.5) is 0 Å². The zero-order valence-corrected chi connectivity index (χ0v) is 10.3. The van der Waals surface area contributed by atoms with Crippen molar-refractivity contribution in [3.63, 3.8) is 0 Å². The van der Waals surface area contributed by atoms with Gasteiger partial charge in [0.15, 0.2) is 23.0 Å². The minimum atomic E-state index is -1.33. The minimum Gasteiger partial charge on any atom is -0.504 e. The lowest BCUT2D eigenvalue weighted by Gasteiger charge is -2.11. The molecule has 2 aromatic rings. The van der Waals surface area contributed by atoms with Gasteiger partial charge in [0.1, 0.15) is 0 Å². The van der Waals surface area contributed by atoms with E-state index >= 15 is 0 Å². The van der Waals surface area contributed by atoms with E-state index in [9.17, 15) is 29.7 Å².